The molecule has 1 atom stereocenters. The fraction of sp³-hybridized carbons (Fsp3) is 0.615. The number of halogens is 1. The van der Waals surface area contributed by atoms with E-state index in [1.807, 2.05) is 12.1 Å². The molecule has 2 rings (SSSR count). The molecule has 5 heteroatoms. The van der Waals surface area contributed by atoms with E-state index in [0.29, 0.717) is 18.9 Å². The lowest BCUT2D eigenvalue weighted by Gasteiger charge is -2.22. The van der Waals surface area contributed by atoms with E-state index in [0.717, 1.165) is 23.3 Å². The first kappa shape index (κ1) is 14.0. The summed E-state index contributed by atoms with van der Waals surface area (Å²) in [5, 5.41) is 6.37. The highest BCUT2D eigenvalue weighted by Gasteiger charge is 2.14. The van der Waals surface area contributed by atoms with E-state index in [1.165, 1.54) is 17.7 Å². The molecule has 0 radical (unpaired) electrons. The Kier molecular flexibility index (Phi) is 5.66. The van der Waals surface area contributed by atoms with Crippen LogP contribution in [0, 0.1) is 5.92 Å². The van der Waals surface area contributed by atoms with E-state index in [9.17, 15) is 4.79 Å². The number of nitrogens with one attached hydrogen (secondary N) is 2. The van der Waals surface area contributed by atoms with Crippen LogP contribution in [0.15, 0.2) is 15.9 Å². The zero-order valence-corrected chi connectivity index (χ0v) is 12.8. The number of hydrogen-bond acceptors (Lipinski definition) is 3. The van der Waals surface area contributed by atoms with Crippen LogP contribution in [0.4, 0.5) is 0 Å². The monoisotopic (exact) mass is 330 g/mol. The average molecular weight is 331 g/mol. The molecule has 1 aliphatic rings. The number of amides is 1. The third-order valence-electron chi connectivity index (χ3n) is 3.27. The first-order chi connectivity index (χ1) is 8.74. The summed E-state index contributed by atoms with van der Waals surface area (Å²) < 4.78 is 1.11. The minimum atomic E-state index is 0.171. The second-order valence-corrected chi connectivity index (χ2v) is 7.28. The number of hydrogen-bond donors (Lipinski definition) is 2. The Balaban J connectivity index is 1.62. The van der Waals surface area contributed by atoms with Crippen molar-refractivity contribution >= 4 is 33.2 Å². The predicted octanol–water partition coefficient (Wildman–Crippen LogP) is 2.91. The summed E-state index contributed by atoms with van der Waals surface area (Å²) in [5.74, 6) is 0.852. The molecule has 0 bridgehead atoms. The standard InChI is InChI=1S/C13H19BrN2OS/c14-12-5-4-11(18-12)9-16-13(17)6-3-10-2-1-7-15-8-10/h4-5,10,15H,1-3,6-9H2,(H,16,17). The third-order valence-corrected chi connectivity index (χ3v) is 4.89. The lowest BCUT2D eigenvalue weighted by molar-refractivity contribution is -0.121. The van der Waals surface area contributed by atoms with Gasteiger partial charge in [-0.1, -0.05) is 0 Å². The maximum absolute atomic E-state index is 11.7. The second kappa shape index (κ2) is 7.26. The fourth-order valence-electron chi connectivity index (χ4n) is 2.23. The quantitative estimate of drug-likeness (QED) is 0.871. The minimum absolute atomic E-state index is 0.171. The van der Waals surface area contributed by atoms with E-state index in [1.54, 1.807) is 11.3 Å². The Hall–Kier alpha value is -0.390. The molecule has 0 saturated carbocycles. The van der Waals surface area contributed by atoms with Crippen LogP contribution >= 0.6 is 27.3 Å². The molecule has 1 aromatic rings. The van der Waals surface area contributed by atoms with E-state index >= 15 is 0 Å². The molecule has 0 aliphatic carbocycles. The van der Waals surface area contributed by atoms with Crippen LogP contribution in [0.1, 0.15) is 30.6 Å². The summed E-state index contributed by atoms with van der Waals surface area (Å²) in [6.45, 7) is 2.86. The van der Waals surface area contributed by atoms with Crippen molar-refractivity contribution in [2.24, 2.45) is 5.92 Å². The van der Waals surface area contributed by atoms with Gasteiger partial charge < -0.3 is 10.6 Å². The maximum Gasteiger partial charge on any atom is 0.220 e. The van der Waals surface area contributed by atoms with Gasteiger partial charge in [-0.15, -0.1) is 11.3 Å². The Bertz CT molecular complexity index is 388. The molecule has 1 unspecified atom stereocenters. The summed E-state index contributed by atoms with van der Waals surface area (Å²) in [5.41, 5.74) is 0. The van der Waals surface area contributed by atoms with Gasteiger partial charge in [0, 0.05) is 11.3 Å². The molecule has 100 valence electrons. The van der Waals surface area contributed by atoms with Gasteiger partial charge in [-0.05, 0) is 66.3 Å². The van der Waals surface area contributed by atoms with Crippen molar-refractivity contribution in [2.75, 3.05) is 13.1 Å². The lowest BCUT2D eigenvalue weighted by atomic mass is 9.94. The maximum atomic E-state index is 11.7. The van der Waals surface area contributed by atoms with Crippen LogP contribution in [0.3, 0.4) is 0 Å². The Morgan fingerprint density at radius 2 is 2.44 bits per heavy atom. The van der Waals surface area contributed by atoms with Gasteiger partial charge in [0.1, 0.15) is 0 Å². The average Bonchev–Trinajstić information content (AvgIpc) is 2.81. The Labute approximate surface area is 120 Å². The second-order valence-electron chi connectivity index (χ2n) is 4.73. The van der Waals surface area contributed by atoms with E-state index in [-0.39, 0.29) is 5.91 Å². The van der Waals surface area contributed by atoms with Crippen molar-refractivity contribution in [3.8, 4) is 0 Å². The van der Waals surface area contributed by atoms with Crippen LogP contribution in [0.25, 0.3) is 0 Å². The van der Waals surface area contributed by atoms with Crippen LogP contribution in [0.5, 0.6) is 0 Å². The Morgan fingerprint density at radius 3 is 3.11 bits per heavy atom. The summed E-state index contributed by atoms with van der Waals surface area (Å²) in [7, 11) is 0. The van der Waals surface area contributed by atoms with Gasteiger partial charge in [-0.2, -0.15) is 0 Å². The third kappa shape index (κ3) is 4.71. The van der Waals surface area contributed by atoms with Crippen LogP contribution in [-0.2, 0) is 11.3 Å². The smallest absolute Gasteiger partial charge is 0.220 e. The summed E-state index contributed by atoms with van der Waals surface area (Å²) in [6, 6.07) is 4.06. The van der Waals surface area contributed by atoms with Gasteiger partial charge in [0.25, 0.3) is 0 Å². The van der Waals surface area contributed by atoms with Crippen LogP contribution in [-0.4, -0.2) is 19.0 Å². The number of piperidine rings is 1. The molecule has 3 nitrogen and oxygen atoms in total. The van der Waals surface area contributed by atoms with Crippen molar-refractivity contribution < 1.29 is 4.79 Å². The normalized spacial score (nSPS) is 19.7. The van der Waals surface area contributed by atoms with Gasteiger partial charge in [-0.25, -0.2) is 0 Å². The van der Waals surface area contributed by atoms with Crippen molar-refractivity contribution in [3.05, 3.63) is 20.8 Å². The number of carbonyl (C=O) groups is 1. The van der Waals surface area contributed by atoms with E-state index in [2.05, 4.69) is 26.6 Å². The lowest BCUT2D eigenvalue weighted by Crippen LogP contribution is -2.31. The SMILES string of the molecule is O=C(CCC1CCCNC1)NCc1ccc(Br)s1. The van der Waals surface area contributed by atoms with Crippen molar-refractivity contribution in [1.82, 2.24) is 10.6 Å². The Morgan fingerprint density at radius 1 is 1.56 bits per heavy atom. The largest absolute Gasteiger partial charge is 0.351 e. The number of rotatable bonds is 5. The molecule has 1 saturated heterocycles. The molecule has 0 spiro atoms. The van der Waals surface area contributed by atoms with Crippen LogP contribution in [0.2, 0.25) is 0 Å². The highest BCUT2D eigenvalue weighted by molar-refractivity contribution is 9.11. The fourth-order valence-corrected chi connectivity index (χ4v) is 3.65. The molecular weight excluding hydrogens is 312 g/mol. The van der Waals surface area contributed by atoms with Gasteiger partial charge in [-0.3, -0.25) is 4.79 Å². The zero-order chi connectivity index (χ0) is 12.8. The van der Waals surface area contributed by atoms with E-state index < -0.39 is 0 Å². The number of carbonyl (C=O) groups excluding carboxylic acids is 1. The molecule has 1 fully saturated rings. The molecule has 2 heterocycles. The highest BCUT2D eigenvalue weighted by Crippen LogP contribution is 2.22. The molecule has 18 heavy (non-hydrogen) atoms. The topological polar surface area (TPSA) is 41.1 Å². The van der Waals surface area contributed by atoms with Crippen molar-refractivity contribution in [2.45, 2.75) is 32.2 Å². The minimum Gasteiger partial charge on any atom is -0.351 e. The molecule has 1 aromatic heterocycles. The predicted molar refractivity (Wildman–Crippen MR) is 78.7 cm³/mol. The first-order valence-corrected chi connectivity index (χ1v) is 8.06. The summed E-state index contributed by atoms with van der Waals surface area (Å²) in [4.78, 5) is 12.9. The molecule has 2 N–H and O–H groups in total. The van der Waals surface area contributed by atoms with E-state index in [4.69, 9.17) is 0 Å². The summed E-state index contributed by atoms with van der Waals surface area (Å²) in [6.07, 6.45) is 4.17. The summed E-state index contributed by atoms with van der Waals surface area (Å²) >= 11 is 5.09. The van der Waals surface area contributed by atoms with Crippen LogP contribution < -0.4 is 10.6 Å². The molecule has 1 amide bonds. The van der Waals surface area contributed by atoms with Crippen molar-refractivity contribution in [1.29, 1.82) is 0 Å². The molecular formula is C13H19BrN2OS. The first-order valence-electron chi connectivity index (χ1n) is 6.45. The van der Waals surface area contributed by atoms with Gasteiger partial charge in [0.15, 0.2) is 0 Å². The van der Waals surface area contributed by atoms with Gasteiger partial charge >= 0.3 is 0 Å². The molecule has 1 aliphatic heterocycles. The van der Waals surface area contributed by atoms with Gasteiger partial charge in [0.05, 0.1) is 10.3 Å². The zero-order valence-electron chi connectivity index (χ0n) is 10.4. The number of thiophene rings is 1. The highest BCUT2D eigenvalue weighted by atomic mass is 79.9. The molecule has 0 aromatic carbocycles. The van der Waals surface area contributed by atoms with Gasteiger partial charge in [0.2, 0.25) is 5.91 Å². The van der Waals surface area contributed by atoms with Crippen molar-refractivity contribution in [3.63, 3.8) is 0 Å².